The lowest BCUT2D eigenvalue weighted by molar-refractivity contribution is 0.0513. The molecule has 1 nitrogen and oxygen atoms in total. The average Bonchev–Trinajstić information content (AvgIpc) is 2.65. The fourth-order valence-corrected chi connectivity index (χ4v) is 5.12. The minimum absolute atomic E-state index is 0.00262. The number of hydrogen-bond donors (Lipinski definition) is 0. The van der Waals surface area contributed by atoms with Gasteiger partial charge in [-0.25, -0.2) is 0 Å². The molecule has 0 aromatic heterocycles. The van der Waals surface area contributed by atoms with E-state index < -0.39 is 0 Å². The highest BCUT2D eigenvalue weighted by molar-refractivity contribution is 5.50. The molecule has 2 rings (SSSR count). The van der Waals surface area contributed by atoms with Crippen molar-refractivity contribution in [1.29, 1.82) is 0 Å². The number of benzene rings is 1. The minimum Gasteiger partial charge on any atom is -0.487 e. The van der Waals surface area contributed by atoms with Gasteiger partial charge in [-0.05, 0) is 99.5 Å². The predicted molar refractivity (Wildman–Crippen MR) is 132 cm³/mol. The van der Waals surface area contributed by atoms with Crippen LogP contribution in [0.1, 0.15) is 121 Å². The quantitative estimate of drug-likeness (QED) is 0.332. The van der Waals surface area contributed by atoms with Gasteiger partial charge in [0.25, 0.3) is 0 Å². The van der Waals surface area contributed by atoms with Crippen molar-refractivity contribution in [2.24, 2.45) is 17.8 Å². The number of hydrogen-bond acceptors (Lipinski definition) is 1. The predicted octanol–water partition coefficient (Wildman–Crippen LogP) is 8.93. The third-order valence-corrected chi connectivity index (χ3v) is 7.53. The summed E-state index contributed by atoms with van der Waals surface area (Å²) in [6.07, 6.45) is 14.5. The molecule has 3 atom stereocenters. The van der Waals surface area contributed by atoms with Gasteiger partial charge in [0.2, 0.25) is 0 Å². The monoisotopic (exact) mass is 413 g/mol. The van der Waals surface area contributed by atoms with E-state index in [1.165, 1.54) is 80.0 Å². The van der Waals surface area contributed by atoms with Crippen LogP contribution in [0.2, 0.25) is 0 Å². The lowest BCUT2D eigenvalue weighted by Gasteiger charge is -2.38. The Bertz CT molecular complexity index is 659. The molecule has 0 fully saturated rings. The Morgan fingerprint density at radius 1 is 0.833 bits per heavy atom. The zero-order valence-corrected chi connectivity index (χ0v) is 21.4. The fraction of sp³-hybridized carbons (Fsp3) is 0.793. The van der Waals surface area contributed by atoms with Crippen LogP contribution >= 0.6 is 0 Å². The number of rotatable bonds is 12. The average molecular weight is 414 g/mol. The molecule has 1 aliphatic rings. The van der Waals surface area contributed by atoms with E-state index >= 15 is 0 Å². The van der Waals surface area contributed by atoms with E-state index in [0.717, 1.165) is 36.3 Å². The van der Waals surface area contributed by atoms with Crippen molar-refractivity contribution in [3.8, 4) is 5.75 Å². The molecule has 1 radical (unpaired) electrons. The van der Waals surface area contributed by atoms with E-state index in [1.807, 2.05) is 0 Å². The van der Waals surface area contributed by atoms with Crippen molar-refractivity contribution in [3.05, 3.63) is 28.3 Å². The maximum Gasteiger partial charge on any atom is 0.126 e. The van der Waals surface area contributed by atoms with Crippen LogP contribution < -0.4 is 4.74 Å². The molecular formula is C29H49O. The van der Waals surface area contributed by atoms with E-state index in [-0.39, 0.29) is 5.60 Å². The van der Waals surface area contributed by atoms with E-state index in [1.54, 1.807) is 0 Å². The second-order valence-corrected chi connectivity index (χ2v) is 11.2. The van der Waals surface area contributed by atoms with Gasteiger partial charge in [-0.2, -0.15) is 0 Å². The molecule has 171 valence electrons. The first kappa shape index (κ1) is 25.3. The Morgan fingerprint density at radius 2 is 1.40 bits per heavy atom. The molecule has 1 aromatic rings. The topological polar surface area (TPSA) is 9.23 Å². The molecule has 0 bridgehead atoms. The standard InChI is InChI=1S/C29H49O/c1-21(2)12-9-13-22(3)14-10-15-23(4)16-11-18-29(8)19-17-27-25(6)20-24(5)26(7)28(27)30-29/h21-23H,9-19H2,1-8H3/t22-,23-,29-/m1/s1. The summed E-state index contributed by atoms with van der Waals surface area (Å²) < 4.78 is 6.64. The molecule has 0 saturated heterocycles. The van der Waals surface area contributed by atoms with Gasteiger partial charge in [0.05, 0.1) is 0 Å². The molecule has 0 amide bonds. The van der Waals surface area contributed by atoms with Gasteiger partial charge in [0.1, 0.15) is 11.4 Å². The first-order valence-electron chi connectivity index (χ1n) is 12.8. The van der Waals surface area contributed by atoms with Crippen LogP contribution in [0.15, 0.2) is 0 Å². The van der Waals surface area contributed by atoms with E-state index in [0.29, 0.717) is 0 Å². The van der Waals surface area contributed by atoms with Crippen molar-refractivity contribution < 1.29 is 4.74 Å². The summed E-state index contributed by atoms with van der Waals surface area (Å²) in [4.78, 5) is 0. The Kier molecular flexibility index (Phi) is 9.76. The van der Waals surface area contributed by atoms with E-state index in [2.05, 4.69) is 61.5 Å². The van der Waals surface area contributed by atoms with E-state index in [9.17, 15) is 0 Å². The number of aryl methyl sites for hydroxylation is 2. The number of ether oxygens (including phenoxy) is 1. The first-order chi connectivity index (χ1) is 14.1. The molecule has 1 aromatic carbocycles. The molecule has 0 unspecified atom stereocenters. The summed E-state index contributed by atoms with van der Waals surface area (Å²) in [7, 11) is 0. The second kappa shape index (κ2) is 11.6. The molecule has 30 heavy (non-hydrogen) atoms. The van der Waals surface area contributed by atoms with Crippen LogP contribution in [0.25, 0.3) is 0 Å². The van der Waals surface area contributed by atoms with Crippen molar-refractivity contribution in [2.45, 2.75) is 132 Å². The van der Waals surface area contributed by atoms with Crippen LogP contribution in [0, 0.1) is 44.6 Å². The molecule has 1 aliphatic heterocycles. The van der Waals surface area contributed by atoms with Crippen molar-refractivity contribution >= 4 is 0 Å². The third-order valence-electron chi connectivity index (χ3n) is 7.53. The molecule has 0 N–H and O–H groups in total. The smallest absolute Gasteiger partial charge is 0.126 e. The van der Waals surface area contributed by atoms with Gasteiger partial charge in [-0.3, -0.25) is 0 Å². The largest absolute Gasteiger partial charge is 0.487 e. The van der Waals surface area contributed by atoms with E-state index in [4.69, 9.17) is 4.74 Å². The Hall–Kier alpha value is -0.980. The molecule has 0 saturated carbocycles. The Balaban J connectivity index is 1.70. The lowest BCUT2D eigenvalue weighted by atomic mass is 9.84. The highest BCUT2D eigenvalue weighted by Crippen LogP contribution is 2.40. The normalized spacial score (nSPS) is 20.7. The Morgan fingerprint density at radius 3 is 2.00 bits per heavy atom. The molecule has 1 heterocycles. The van der Waals surface area contributed by atoms with Crippen LogP contribution in [0.3, 0.4) is 0 Å². The van der Waals surface area contributed by atoms with Gasteiger partial charge in [-0.1, -0.05) is 72.6 Å². The van der Waals surface area contributed by atoms with Crippen LogP contribution in [0.4, 0.5) is 0 Å². The van der Waals surface area contributed by atoms with Gasteiger partial charge >= 0.3 is 0 Å². The number of fused-ring (bicyclic) bond motifs is 1. The summed E-state index contributed by atoms with van der Waals surface area (Å²) in [5.74, 6) is 3.76. The molecular weight excluding hydrogens is 364 g/mol. The van der Waals surface area contributed by atoms with Crippen LogP contribution in [-0.2, 0) is 6.42 Å². The zero-order chi connectivity index (χ0) is 22.3. The minimum atomic E-state index is 0.00262. The van der Waals surface area contributed by atoms with Gasteiger partial charge in [-0.15, -0.1) is 0 Å². The molecule has 0 aliphatic carbocycles. The van der Waals surface area contributed by atoms with Gasteiger partial charge < -0.3 is 4.74 Å². The van der Waals surface area contributed by atoms with Gasteiger partial charge in [0.15, 0.2) is 0 Å². The summed E-state index contributed by atoms with van der Waals surface area (Å²) in [5, 5.41) is 0. The SMILES string of the molecule is Cc1[c]c(C)c2c(c1C)O[C@](C)(CCC[C@H](C)CCC[C@H](C)CCCC(C)C)CC2. The van der Waals surface area contributed by atoms with Gasteiger partial charge in [0, 0.05) is 0 Å². The summed E-state index contributed by atoms with van der Waals surface area (Å²) >= 11 is 0. The summed E-state index contributed by atoms with van der Waals surface area (Å²) in [6, 6.07) is 3.52. The van der Waals surface area contributed by atoms with Crippen LogP contribution in [-0.4, -0.2) is 5.60 Å². The second-order valence-electron chi connectivity index (χ2n) is 11.2. The summed E-state index contributed by atoms with van der Waals surface area (Å²) in [5.41, 5.74) is 5.21. The third kappa shape index (κ3) is 7.61. The van der Waals surface area contributed by atoms with Crippen molar-refractivity contribution in [3.63, 3.8) is 0 Å². The zero-order valence-electron chi connectivity index (χ0n) is 21.4. The Labute approximate surface area is 188 Å². The van der Waals surface area contributed by atoms with Crippen LogP contribution in [0.5, 0.6) is 5.75 Å². The summed E-state index contributed by atoms with van der Waals surface area (Å²) in [6.45, 7) is 18.5. The molecule has 0 spiro atoms. The fourth-order valence-electron chi connectivity index (χ4n) is 5.12. The highest BCUT2D eigenvalue weighted by Gasteiger charge is 2.33. The maximum atomic E-state index is 6.64. The van der Waals surface area contributed by atoms with Crippen molar-refractivity contribution in [2.75, 3.05) is 0 Å². The van der Waals surface area contributed by atoms with Crippen molar-refractivity contribution in [1.82, 2.24) is 0 Å². The molecule has 1 heteroatoms. The first-order valence-corrected chi connectivity index (χ1v) is 12.8. The highest BCUT2D eigenvalue weighted by atomic mass is 16.5. The maximum absolute atomic E-state index is 6.64. The lowest BCUT2D eigenvalue weighted by Crippen LogP contribution is -2.37.